The zero-order valence-corrected chi connectivity index (χ0v) is 11.7. The third-order valence-electron chi connectivity index (χ3n) is 3.75. The first kappa shape index (κ1) is 13.1. The first-order valence-corrected chi connectivity index (χ1v) is 8.27. The second-order valence-electron chi connectivity index (χ2n) is 5.23. The third kappa shape index (κ3) is 2.82. The Balaban J connectivity index is 1.70. The number of aryl methyl sites for hydroxylation is 2. The summed E-state index contributed by atoms with van der Waals surface area (Å²) in [6.45, 7) is 2.67. The number of imidazole rings is 1. The fraction of sp³-hybridized carbons (Fsp3) is 0.750. The highest BCUT2D eigenvalue weighted by Crippen LogP contribution is 2.18. The van der Waals surface area contributed by atoms with Gasteiger partial charge in [-0.2, -0.15) is 0 Å². The number of fused-ring (bicyclic) bond motifs is 1. The number of ether oxygens (including phenoxy) is 1. The molecule has 0 spiro atoms. The van der Waals surface area contributed by atoms with Crippen LogP contribution in [0.5, 0.6) is 0 Å². The van der Waals surface area contributed by atoms with Crippen LogP contribution in [-0.2, 0) is 27.7 Å². The highest BCUT2D eigenvalue weighted by molar-refractivity contribution is 7.89. The second-order valence-corrected chi connectivity index (χ2v) is 6.94. The van der Waals surface area contributed by atoms with Crippen molar-refractivity contribution in [2.75, 3.05) is 19.8 Å². The lowest BCUT2D eigenvalue weighted by Gasteiger charge is -2.11. The van der Waals surface area contributed by atoms with E-state index in [4.69, 9.17) is 4.74 Å². The van der Waals surface area contributed by atoms with Crippen LogP contribution >= 0.6 is 0 Å². The van der Waals surface area contributed by atoms with Crippen LogP contribution in [0.15, 0.2) is 11.2 Å². The molecule has 0 aromatic carbocycles. The lowest BCUT2D eigenvalue weighted by Crippen LogP contribution is -2.29. The van der Waals surface area contributed by atoms with Gasteiger partial charge in [0.1, 0.15) is 5.82 Å². The van der Waals surface area contributed by atoms with E-state index in [1.165, 1.54) is 0 Å². The summed E-state index contributed by atoms with van der Waals surface area (Å²) in [4.78, 5) is 4.25. The minimum absolute atomic E-state index is 0.156. The molecular formula is C12H19N3O3S. The molecule has 106 valence electrons. The minimum atomic E-state index is -3.48. The standard InChI is InChI=1S/C12H19N3O3S/c16-19(17,13-7-10-4-6-18-9-10)12-8-15-5-2-1-3-11(15)14-12/h8,10,13H,1-7,9H2/t10-/m1/s1. The van der Waals surface area contributed by atoms with Crippen LogP contribution in [0.25, 0.3) is 0 Å². The molecule has 1 aromatic heterocycles. The molecule has 7 heteroatoms. The van der Waals surface area contributed by atoms with E-state index in [2.05, 4.69) is 9.71 Å². The van der Waals surface area contributed by atoms with Crippen molar-refractivity contribution in [3.05, 3.63) is 12.0 Å². The zero-order valence-electron chi connectivity index (χ0n) is 10.8. The highest BCUT2D eigenvalue weighted by atomic mass is 32.2. The van der Waals surface area contributed by atoms with Gasteiger partial charge in [0.25, 0.3) is 10.0 Å². The first-order valence-electron chi connectivity index (χ1n) is 6.78. The lowest BCUT2D eigenvalue weighted by atomic mass is 10.1. The predicted molar refractivity (Wildman–Crippen MR) is 69.3 cm³/mol. The molecule has 0 radical (unpaired) electrons. The Kier molecular flexibility index (Phi) is 3.60. The second kappa shape index (κ2) is 5.22. The Morgan fingerprint density at radius 3 is 3.11 bits per heavy atom. The maximum atomic E-state index is 12.2. The summed E-state index contributed by atoms with van der Waals surface area (Å²) in [5.41, 5.74) is 0. The van der Waals surface area contributed by atoms with E-state index in [1.807, 2.05) is 4.57 Å². The van der Waals surface area contributed by atoms with E-state index >= 15 is 0 Å². The van der Waals surface area contributed by atoms with Crippen LogP contribution in [0.2, 0.25) is 0 Å². The first-order chi connectivity index (χ1) is 9.15. The zero-order chi connectivity index (χ0) is 13.3. The van der Waals surface area contributed by atoms with Crippen molar-refractivity contribution in [1.29, 1.82) is 0 Å². The van der Waals surface area contributed by atoms with Gasteiger partial charge in [-0.05, 0) is 25.2 Å². The van der Waals surface area contributed by atoms with Gasteiger partial charge in [0.15, 0.2) is 5.03 Å². The van der Waals surface area contributed by atoms with Crippen LogP contribution in [-0.4, -0.2) is 37.7 Å². The van der Waals surface area contributed by atoms with Crippen molar-refractivity contribution in [3.63, 3.8) is 0 Å². The summed E-state index contributed by atoms with van der Waals surface area (Å²) in [7, 11) is -3.48. The number of rotatable bonds is 4. The Morgan fingerprint density at radius 1 is 1.47 bits per heavy atom. The molecule has 6 nitrogen and oxygen atoms in total. The van der Waals surface area contributed by atoms with Crippen molar-refractivity contribution in [1.82, 2.24) is 14.3 Å². The molecular weight excluding hydrogens is 266 g/mol. The van der Waals surface area contributed by atoms with Crippen LogP contribution in [0.1, 0.15) is 25.1 Å². The number of hydrogen-bond donors (Lipinski definition) is 1. The van der Waals surface area contributed by atoms with Gasteiger partial charge >= 0.3 is 0 Å². The average molecular weight is 285 g/mol. The summed E-state index contributed by atoms with van der Waals surface area (Å²) >= 11 is 0. The maximum Gasteiger partial charge on any atom is 0.259 e. The molecule has 3 heterocycles. The van der Waals surface area contributed by atoms with Gasteiger partial charge in [0.2, 0.25) is 0 Å². The normalized spacial score (nSPS) is 23.5. The molecule has 2 aliphatic rings. The third-order valence-corrected chi connectivity index (χ3v) is 5.04. The number of nitrogens with zero attached hydrogens (tertiary/aromatic N) is 2. The molecule has 1 atom stereocenters. The molecule has 3 rings (SSSR count). The van der Waals surface area contributed by atoms with Crippen LogP contribution in [0.4, 0.5) is 0 Å². The van der Waals surface area contributed by atoms with Crippen molar-refractivity contribution < 1.29 is 13.2 Å². The number of nitrogens with one attached hydrogen (secondary N) is 1. The summed E-state index contributed by atoms with van der Waals surface area (Å²) in [6.07, 6.45) is 5.62. The van der Waals surface area contributed by atoms with Crippen molar-refractivity contribution in [3.8, 4) is 0 Å². The van der Waals surface area contributed by atoms with Crippen molar-refractivity contribution in [2.24, 2.45) is 5.92 Å². The molecule has 0 saturated carbocycles. The van der Waals surface area contributed by atoms with E-state index in [0.29, 0.717) is 13.2 Å². The highest BCUT2D eigenvalue weighted by Gasteiger charge is 2.24. The molecule has 1 fully saturated rings. The summed E-state index contributed by atoms with van der Waals surface area (Å²) in [5, 5.41) is 0.156. The topological polar surface area (TPSA) is 73.2 Å². The van der Waals surface area contributed by atoms with Gasteiger partial charge < -0.3 is 9.30 Å². The van der Waals surface area contributed by atoms with Crippen molar-refractivity contribution in [2.45, 2.75) is 37.3 Å². The van der Waals surface area contributed by atoms with Crippen LogP contribution in [0.3, 0.4) is 0 Å². The fourth-order valence-corrected chi connectivity index (χ4v) is 3.66. The van der Waals surface area contributed by atoms with E-state index in [0.717, 1.165) is 44.7 Å². The predicted octanol–water partition coefficient (Wildman–Crippen LogP) is 0.534. The molecule has 19 heavy (non-hydrogen) atoms. The number of aromatic nitrogens is 2. The van der Waals surface area contributed by atoms with E-state index in [1.54, 1.807) is 6.20 Å². The number of sulfonamides is 1. The molecule has 1 saturated heterocycles. The van der Waals surface area contributed by atoms with Gasteiger partial charge in [0, 0.05) is 32.3 Å². The van der Waals surface area contributed by atoms with E-state index < -0.39 is 10.0 Å². The van der Waals surface area contributed by atoms with Gasteiger partial charge in [-0.15, -0.1) is 0 Å². The van der Waals surface area contributed by atoms with Gasteiger partial charge in [0.05, 0.1) is 6.61 Å². The summed E-state index contributed by atoms with van der Waals surface area (Å²) in [5.74, 6) is 1.17. The van der Waals surface area contributed by atoms with Gasteiger partial charge in [-0.1, -0.05) is 0 Å². The molecule has 0 amide bonds. The Morgan fingerprint density at radius 2 is 2.37 bits per heavy atom. The molecule has 1 aromatic rings. The number of hydrogen-bond acceptors (Lipinski definition) is 4. The maximum absolute atomic E-state index is 12.2. The fourth-order valence-electron chi connectivity index (χ4n) is 2.56. The Bertz CT molecular complexity index is 523. The Hall–Kier alpha value is -0.920. The minimum Gasteiger partial charge on any atom is -0.381 e. The Labute approximate surface area is 113 Å². The monoisotopic (exact) mass is 285 g/mol. The average Bonchev–Trinajstić information content (AvgIpc) is 3.05. The van der Waals surface area contributed by atoms with E-state index in [-0.39, 0.29) is 10.9 Å². The largest absolute Gasteiger partial charge is 0.381 e. The van der Waals surface area contributed by atoms with Crippen molar-refractivity contribution >= 4 is 10.0 Å². The van der Waals surface area contributed by atoms with Gasteiger partial charge in [-0.25, -0.2) is 18.1 Å². The molecule has 0 unspecified atom stereocenters. The van der Waals surface area contributed by atoms with Gasteiger partial charge in [-0.3, -0.25) is 0 Å². The lowest BCUT2D eigenvalue weighted by molar-refractivity contribution is 0.186. The molecule has 0 bridgehead atoms. The molecule has 2 aliphatic heterocycles. The SMILES string of the molecule is O=S(=O)(NC[C@H]1CCOC1)c1cn2c(n1)CCCC2. The molecule has 0 aliphatic carbocycles. The van der Waals surface area contributed by atoms with Crippen LogP contribution < -0.4 is 4.72 Å². The summed E-state index contributed by atoms with van der Waals surface area (Å²) < 4.78 is 34.2. The molecule has 1 N–H and O–H groups in total. The smallest absolute Gasteiger partial charge is 0.259 e. The van der Waals surface area contributed by atoms with Crippen LogP contribution in [0, 0.1) is 5.92 Å². The quantitative estimate of drug-likeness (QED) is 0.876. The summed E-state index contributed by atoms with van der Waals surface area (Å²) in [6, 6.07) is 0. The van der Waals surface area contributed by atoms with E-state index in [9.17, 15) is 8.42 Å².